The van der Waals surface area contributed by atoms with Gasteiger partial charge in [0.05, 0.1) is 5.52 Å². The highest BCUT2D eigenvalue weighted by Crippen LogP contribution is 2.18. The Hall–Kier alpha value is -1.66. The monoisotopic (exact) mass is 288 g/mol. The van der Waals surface area contributed by atoms with Crippen molar-refractivity contribution in [1.82, 2.24) is 19.7 Å². The van der Waals surface area contributed by atoms with Gasteiger partial charge in [0, 0.05) is 32.5 Å². The average molecular weight is 288 g/mol. The molecule has 0 spiro atoms. The second kappa shape index (κ2) is 5.03. The van der Waals surface area contributed by atoms with Gasteiger partial charge in [-0.05, 0) is 18.2 Å². The van der Waals surface area contributed by atoms with Crippen molar-refractivity contribution in [2.45, 2.75) is 32.4 Å². The minimum Gasteiger partial charge on any atom is -0.360 e. The Kier molecular flexibility index (Phi) is 3.35. The Bertz CT molecular complexity index is 726. The number of nitrogens with one attached hydrogen (secondary N) is 1. The Labute approximate surface area is 119 Å². The third-order valence-electron chi connectivity index (χ3n) is 3.35. The quantitative estimate of drug-likeness (QED) is 0.579. The summed E-state index contributed by atoms with van der Waals surface area (Å²) in [6.07, 6.45) is 3.68. The van der Waals surface area contributed by atoms with Crippen molar-refractivity contribution in [3.05, 3.63) is 24.5 Å². The number of hydrogen-bond donors (Lipinski definition) is 1. The van der Waals surface area contributed by atoms with Crippen molar-refractivity contribution < 1.29 is 4.74 Å². The zero-order valence-electron chi connectivity index (χ0n) is 12.2. The van der Waals surface area contributed by atoms with E-state index in [0.29, 0.717) is 6.73 Å². The van der Waals surface area contributed by atoms with E-state index in [4.69, 9.17) is 4.74 Å². The number of fused-ring (bicyclic) bond motifs is 2. The zero-order chi connectivity index (χ0) is 14.2. The lowest BCUT2D eigenvalue weighted by Gasteiger charge is -2.15. The molecule has 0 bridgehead atoms. The van der Waals surface area contributed by atoms with Crippen molar-refractivity contribution in [3.8, 4) is 0 Å². The van der Waals surface area contributed by atoms with Crippen LogP contribution in [0.15, 0.2) is 24.5 Å². The lowest BCUT2D eigenvalue weighted by molar-refractivity contribution is 0.0817. The Morgan fingerprint density at radius 2 is 2.20 bits per heavy atom. The van der Waals surface area contributed by atoms with Gasteiger partial charge < -0.3 is 9.84 Å². The SMILES string of the molecule is C[Si](C)(C)CCOCn1[nH]cc2nc3nccc3cc21. The van der Waals surface area contributed by atoms with E-state index >= 15 is 0 Å². The first kappa shape index (κ1) is 13.3. The molecule has 20 heavy (non-hydrogen) atoms. The van der Waals surface area contributed by atoms with E-state index in [9.17, 15) is 0 Å². The number of hydrogen-bond acceptors (Lipinski definition) is 3. The summed E-state index contributed by atoms with van der Waals surface area (Å²) in [5.41, 5.74) is 2.77. The first-order chi connectivity index (χ1) is 9.53. The fourth-order valence-corrected chi connectivity index (χ4v) is 2.86. The Morgan fingerprint density at radius 1 is 1.35 bits per heavy atom. The van der Waals surface area contributed by atoms with Crippen LogP contribution in [0.3, 0.4) is 0 Å². The summed E-state index contributed by atoms with van der Waals surface area (Å²) in [5.74, 6) is 0. The molecule has 0 saturated heterocycles. The molecule has 0 atom stereocenters. The highest BCUT2D eigenvalue weighted by molar-refractivity contribution is 6.76. The number of rotatable bonds is 5. The van der Waals surface area contributed by atoms with Crippen LogP contribution in [-0.2, 0) is 11.5 Å². The van der Waals surface area contributed by atoms with E-state index in [1.54, 1.807) is 6.20 Å². The summed E-state index contributed by atoms with van der Waals surface area (Å²) in [6, 6.07) is 5.26. The molecular formula is C14H20N4OSi. The minimum atomic E-state index is -1.03. The number of pyridine rings is 1. The molecule has 0 amide bonds. The Morgan fingerprint density at radius 3 is 3.00 bits per heavy atom. The van der Waals surface area contributed by atoms with E-state index in [-0.39, 0.29) is 0 Å². The van der Waals surface area contributed by atoms with Crippen molar-refractivity contribution in [2.24, 2.45) is 0 Å². The van der Waals surface area contributed by atoms with Crippen LogP contribution in [0.2, 0.25) is 25.7 Å². The van der Waals surface area contributed by atoms with Gasteiger partial charge in [-0.3, -0.25) is 4.68 Å². The maximum atomic E-state index is 5.78. The summed E-state index contributed by atoms with van der Waals surface area (Å²) in [6.45, 7) is 8.43. The average Bonchev–Trinajstić information content (AvgIpc) is 2.97. The molecule has 0 aromatic carbocycles. The van der Waals surface area contributed by atoms with Gasteiger partial charge in [-0.1, -0.05) is 19.6 Å². The highest BCUT2D eigenvalue weighted by Gasteiger charge is 2.12. The lowest BCUT2D eigenvalue weighted by Crippen LogP contribution is -2.22. The molecule has 5 nitrogen and oxygen atoms in total. The third-order valence-corrected chi connectivity index (χ3v) is 5.06. The molecule has 0 radical (unpaired) electrons. The van der Waals surface area contributed by atoms with Gasteiger partial charge in [-0.25, -0.2) is 9.97 Å². The predicted molar refractivity (Wildman–Crippen MR) is 83.5 cm³/mol. The molecular weight excluding hydrogens is 268 g/mol. The van der Waals surface area contributed by atoms with Gasteiger partial charge in [0.1, 0.15) is 12.2 Å². The molecule has 0 fully saturated rings. The molecule has 1 N–H and O–H groups in total. The van der Waals surface area contributed by atoms with Crippen LogP contribution >= 0.6 is 0 Å². The zero-order valence-corrected chi connectivity index (χ0v) is 13.2. The van der Waals surface area contributed by atoms with E-state index < -0.39 is 8.07 Å². The fourth-order valence-electron chi connectivity index (χ4n) is 2.11. The number of aromatic nitrogens is 4. The van der Waals surface area contributed by atoms with E-state index in [1.807, 2.05) is 16.9 Å². The Balaban J connectivity index is 1.74. The fraction of sp³-hybridized carbons (Fsp3) is 0.429. The van der Waals surface area contributed by atoms with Gasteiger partial charge in [-0.2, -0.15) is 0 Å². The molecule has 0 saturated carbocycles. The molecule has 6 heteroatoms. The van der Waals surface area contributed by atoms with Crippen LogP contribution in [0.4, 0.5) is 0 Å². The molecule has 3 aromatic rings. The summed E-state index contributed by atoms with van der Waals surface area (Å²) in [4.78, 5) is 8.73. The van der Waals surface area contributed by atoms with Crippen LogP contribution in [0.25, 0.3) is 22.1 Å². The second-order valence-corrected chi connectivity index (χ2v) is 11.9. The molecule has 106 valence electrons. The van der Waals surface area contributed by atoms with Crippen LogP contribution in [0.5, 0.6) is 0 Å². The molecule has 3 heterocycles. The molecule has 0 aliphatic carbocycles. The number of aromatic amines is 1. The van der Waals surface area contributed by atoms with Crippen LogP contribution < -0.4 is 0 Å². The smallest absolute Gasteiger partial charge is 0.160 e. The summed E-state index contributed by atoms with van der Waals surface area (Å²) < 4.78 is 7.76. The molecule has 3 rings (SSSR count). The van der Waals surface area contributed by atoms with E-state index in [0.717, 1.165) is 28.7 Å². The van der Waals surface area contributed by atoms with Crippen LogP contribution in [0, 0.1) is 0 Å². The second-order valence-electron chi connectivity index (χ2n) is 6.30. The lowest BCUT2D eigenvalue weighted by atomic mass is 10.3. The topological polar surface area (TPSA) is 55.7 Å². The van der Waals surface area contributed by atoms with E-state index in [2.05, 4.69) is 40.8 Å². The molecule has 0 aliphatic rings. The maximum Gasteiger partial charge on any atom is 0.160 e. The van der Waals surface area contributed by atoms with Crippen molar-refractivity contribution >= 4 is 30.1 Å². The molecule has 3 aromatic heterocycles. The van der Waals surface area contributed by atoms with Crippen molar-refractivity contribution in [1.29, 1.82) is 0 Å². The summed E-state index contributed by atoms with van der Waals surface area (Å²) >= 11 is 0. The van der Waals surface area contributed by atoms with Gasteiger partial charge in [0.25, 0.3) is 0 Å². The summed E-state index contributed by atoms with van der Waals surface area (Å²) in [5, 5.41) is 4.25. The summed E-state index contributed by atoms with van der Waals surface area (Å²) in [7, 11) is -1.03. The molecule has 0 unspecified atom stereocenters. The first-order valence-electron chi connectivity index (χ1n) is 6.90. The number of nitrogens with zero attached hydrogens (tertiary/aromatic N) is 3. The predicted octanol–water partition coefficient (Wildman–Crippen LogP) is 3.22. The van der Waals surface area contributed by atoms with Gasteiger partial charge >= 0.3 is 0 Å². The standard InChI is InChI=1S/C14H20N4OSi/c1-20(2,3)7-6-19-10-18-13-8-11-4-5-15-14(11)17-12(13)9-16-18/h4-5,8-9,16H,6-7,10H2,1-3H3. The van der Waals surface area contributed by atoms with E-state index in [1.165, 1.54) is 6.04 Å². The van der Waals surface area contributed by atoms with Crippen LogP contribution in [-0.4, -0.2) is 34.4 Å². The highest BCUT2D eigenvalue weighted by atomic mass is 28.3. The molecule has 0 aliphatic heterocycles. The number of ether oxygens (including phenoxy) is 1. The van der Waals surface area contributed by atoms with Gasteiger partial charge in [-0.15, -0.1) is 0 Å². The van der Waals surface area contributed by atoms with Crippen LogP contribution in [0.1, 0.15) is 0 Å². The number of H-pyrrole nitrogens is 1. The minimum absolute atomic E-state index is 0.537. The van der Waals surface area contributed by atoms with Gasteiger partial charge in [0.15, 0.2) is 5.65 Å². The largest absolute Gasteiger partial charge is 0.360 e. The normalized spacial score (nSPS) is 12.6. The van der Waals surface area contributed by atoms with Crippen molar-refractivity contribution in [2.75, 3.05) is 6.61 Å². The maximum absolute atomic E-state index is 5.78. The van der Waals surface area contributed by atoms with Gasteiger partial charge in [0.2, 0.25) is 0 Å². The first-order valence-corrected chi connectivity index (χ1v) is 10.6. The van der Waals surface area contributed by atoms with Crippen molar-refractivity contribution in [3.63, 3.8) is 0 Å². The third kappa shape index (κ3) is 2.76.